The molecule has 14 heavy (non-hydrogen) atoms. The molecule has 1 amide bonds. The van der Waals surface area contributed by atoms with Crippen molar-refractivity contribution in [3.8, 4) is 0 Å². The van der Waals surface area contributed by atoms with Crippen molar-refractivity contribution >= 4 is 27.5 Å². The lowest BCUT2D eigenvalue weighted by Gasteiger charge is -2.10. The summed E-state index contributed by atoms with van der Waals surface area (Å²) in [7, 11) is 3.70. The number of aromatic nitrogens is 1. The van der Waals surface area contributed by atoms with Gasteiger partial charge in [-0.3, -0.25) is 9.78 Å². The van der Waals surface area contributed by atoms with E-state index in [0.29, 0.717) is 6.54 Å². The molecule has 76 valence electrons. The Balaban J connectivity index is 2.61. The number of likely N-dealkylation sites (N-methyl/N-ethyl adjacent to an activating group) is 1. The van der Waals surface area contributed by atoms with Gasteiger partial charge in [0.15, 0.2) is 0 Å². The second-order valence-electron chi connectivity index (χ2n) is 3.14. The standard InChI is InChI=1S/C9H12BrN3O/c1-13(2)6-9(14)12-8-3-4-11-5-7(8)10/h3-5H,6H2,1-2H3,(H,11,12,14). The summed E-state index contributed by atoms with van der Waals surface area (Å²) in [6.07, 6.45) is 3.28. The summed E-state index contributed by atoms with van der Waals surface area (Å²) in [6.45, 7) is 0.370. The van der Waals surface area contributed by atoms with E-state index in [2.05, 4.69) is 26.2 Å². The van der Waals surface area contributed by atoms with Gasteiger partial charge < -0.3 is 10.2 Å². The quantitative estimate of drug-likeness (QED) is 0.889. The first-order valence-electron chi connectivity index (χ1n) is 4.13. The van der Waals surface area contributed by atoms with E-state index in [1.807, 2.05) is 19.0 Å². The molecule has 1 aromatic rings. The summed E-state index contributed by atoms with van der Waals surface area (Å²) in [5, 5.41) is 2.77. The van der Waals surface area contributed by atoms with Gasteiger partial charge in [0.05, 0.1) is 16.7 Å². The lowest BCUT2D eigenvalue weighted by molar-refractivity contribution is -0.116. The number of halogens is 1. The number of rotatable bonds is 3. The Morgan fingerprint density at radius 3 is 2.93 bits per heavy atom. The summed E-state index contributed by atoms with van der Waals surface area (Å²) < 4.78 is 0.784. The number of pyridine rings is 1. The SMILES string of the molecule is CN(C)CC(=O)Nc1ccncc1Br. The van der Waals surface area contributed by atoms with Crippen LogP contribution in [0.5, 0.6) is 0 Å². The van der Waals surface area contributed by atoms with Crippen LogP contribution in [0.15, 0.2) is 22.9 Å². The molecule has 0 aliphatic heterocycles. The number of hydrogen-bond donors (Lipinski definition) is 1. The maximum absolute atomic E-state index is 11.4. The predicted molar refractivity (Wildman–Crippen MR) is 59.1 cm³/mol. The highest BCUT2D eigenvalue weighted by molar-refractivity contribution is 9.10. The maximum atomic E-state index is 11.4. The number of nitrogens with one attached hydrogen (secondary N) is 1. The minimum Gasteiger partial charge on any atom is -0.324 e. The third kappa shape index (κ3) is 3.43. The smallest absolute Gasteiger partial charge is 0.238 e. The van der Waals surface area contributed by atoms with Crippen molar-refractivity contribution in [1.82, 2.24) is 9.88 Å². The molecule has 0 aliphatic carbocycles. The van der Waals surface area contributed by atoms with Gasteiger partial charge >= 0.3 is 0 Å². The Kier molecular flexibility index (Phi) is 4.03. The molecule has 1 rings (SSSR count). The first-order chi connectivity index (χ1) is 6.59. The molecule has 5 heteroatoms. The number of hydrogen-bond acceptors (Lipinski definition) is 3. The first kappa shape index (κ1) is 11.1. The lowest BCUT2D eigenvalue weighted by Crippen LogP contribution is -2.27. The Hall–Kier alpha value is -0.940. The molecule has 0 spiro atoms. The summed E-state index contributed by atoms with van der Waals surface area (Å²) in [4.78, 5) is 17.1. The van der Waals surface area contributed by atoms with E-state index >= 15 is 0 Å². The molecular formula is C9H12BrN3O. The molecule has 0 saturated carbocycles. The van der Waals surface area contributed by atoms with Crippen LogP contribution in [0.2, 0.25) is 0 Å². The van der Waals surface area contributed by atoms with E-state index in [1.165, 1.54) is 0 Å². The van der Waals surface area contributed by atoms with Crippen molar-refractivity contribution in [3.05, 3.63) is 22.9 Å². The molecule has 0 aromatic carbocycles. The van der Waals surface area contributed by atoms with Crippen molar-refractivity contribution in [1.29, 1.82) is 0 Å². The predicted octanol–water partition coefficient (Wildman–Crippen LogP) is 1.34. The monoisotopic (exact) mass is 257 g/mol. The highest BCUT2D eigenvalue weighted by Gasteiger charge is 2.05. The number of nitrogens with zero attached hydrogens (tertiary/aromatic N) is 2. The van der Waals surface area contributed by atoms with Crippen LogP contribution < -0.4 is 5.32 Å². The average Bonchev–Trinajstić information content (AvgIpc) is 2.07. The third-order valence-corrected chi connectivity index (χ3v) is 2.14. The first-order valence-corrected chi connectivity index (χ1v) is 4.93. The van der Waals surface area contributed by atoms with Gasteiger partial charge in [-0.25, -0.2) is 0 Å². The average molecular weight is 258 g/mol. The van der Waals surface area contributed by atoms with Crippen LogP contribution in [0.3, 0.4) is 0 Å². The number of anilines is 1. The van der Waals surface area contributed by atoms with Crippen molar-refractivity contribution in [3.63, 3.8) is 0 Å². The molecule has 0 bridgehead atoms. The van der Waals surface area contributed by atoms with Gasteiger partial charge in [-0.15, -0.1) is 0 Å². The van der Waals surface area contributed by atoms with Gasteiger partial charge in [-0.05, 0) is 36.1 Å². The Bertz CT molecular complexity index is 328. The van der Waals surface area contributed by atoms with E-state index in [0.717, 1.165) is 10.2 Å². The van der Waals surface area contributed by atoms with E-state index in [1.54, 1.807) is 18.5 Å². The Morgan fingerprint density at radius 2 is 2.36 bits per heavy atom. The maximum Gasteiger partial charge on any atom is 0.238 e. The summed E-state index contributed by atoms with van der Waals surface area (Å²) in [5.74, 6) is -0.0399. The minimum absolute atomic E-state index is 0.0399. The Labute approximate surface area is 91.4 Å². The van der Waals surface area contributed by atoms with Crippen LogP contribution in [-0.2, 0) is 4.79 Å². The van der Waals surface area contributed by atoms with E-state index in [9.17, 15) is 4.79 Å². The fraction of sp³-hybridized carbons (Fsp3) is 0.333. The largest absolute Gasteiger partial charge is 0.324 e. The highest BCUT2D eigenvalue weighted by atomic mass is 79.9. The molecule has 0 fully saturated rings. The molecule has 0 aliphatic rings. The van der Waals surface area contributed by atoms with Crippen molar-refractivity contribution < 1.29 is 4.79 Å². The van der Waals surface area contributed by atoms with Crippen molar-refractivity contribution in [2.45, 2.75) is 0 Å². The van der Waals surface area contributed by atoms with Gasteiger partial charge in [0, 0.05) is 12.4 Å². The summed E-state index contributed by atoms with van der Waals surface area (Å²) >= 11 is 3.30. The molecule has 0 radical (unpaired) electrons. The molecule has 0 unspecified atom stereocenters. The van der Waals surface area contributed by atoms with Crippen LogP contribution in [0, 0.1) is 0 Å². The molecule has 1 heterocycles. The van der Waals surface area contributed by atoms with Crippen molar-refractivity contribution in [2.75, 3.05) is 26.0 Å². The number of amides is 1. The van der Waals surface area contributed by atoms with Gasteiger partial charge in [0.25, 0.3) is 0 Å². The highest BCUT2D eigenvalue weighted by Crippen LogP contribution is 2.19. The van der Waals surface area contributed by atoms with Crippen LogP contribution in [-0.4, -0.2) is 36.4 Å². The van der Waals surface area contributed by atoms with Crippen LogP contribution in [0.4, 0.5) is 5.69 Å². The van der Waals surface area contributed by atoms with Crippen LogP contribution in [0.25, 0.3) is 0 Å². The second kappa shape index (κ2) is 5.07. The zero-order valence-corrected chi connectivity index (χ0v) is 9.71. The van der Waals surface area contributed by atoms with Crippen LogP contribution >= 0.6 is 15.9 Å². The molecule has 4 nitrogen and oxygen atoms in total. The van der Waals surface area contributed by atoms with Gasteiger partial charge in [-0.2, -0.15) is 0 Å². The Morgan fingerprint density at radius 1 is 1.64 bits per heavy atom. The van der Waals surface area contributed by atoms with Gasteiger partial charge in [-0.1, -0.05) is 0 Å². The molecule has 1 aromatic heterocycles. The molecule has 0 atom stereocenters. The zero-order chi connectivity index (χ0) is 10.6. The third-order valence-electron chi connectivity index (χ3n) is 1.51. The summed E-state index contributed by atoms with van der Waals surface area (Å²) in [5.41, 5.74) is 0.742. The van der Waals surface area contributed by atoms with E-state index in [-0.39, 0.29) is 5.91 Å². The fourth-order valence-corrected chi connectivity index (χ4v) is 1.30. The number of carbonyl (C=O) groups excluding carboxylic acids is 1. The van der Waals surface area contributed by atoms with E-state index < -0.39 is 0 Å². The fourth-order valence-electron chi connectivity index (χ4n) is 0.954. The number of carbonyl (C=O) groups is 1. The minimum atomic E-state index is -0.0399. The molecule has 0 saturated heterocycles. The van der Waals surface area contributed by atoms with Gasteiger partial charge in [0.2, 0.25) is 5.91 Å². The topological polar surface area (TPSA) is 45.2 Å². The molecular weight excluding hydrogens is 246 g/mol. The second-order valence-corrected chi connectivity index (χ2v) is 4.00. The molecule has 1 N–H and O–H groups in total. The summed E-state index contributed by atoms with van der Waals surface area (Å²) in [6, 6.07) is 1.75. The zero-order valence-electron chi connectivity index (χ0n) is 8.12. The van der Waals surface area contributed by atoms with Gasteiger partial charge in [0.1, 0.15) is 0 Å². The normalized spacial score (nSPS) is 10.3. The van der Waals surface area contributed by atoms with Crippen molar-refractivity contribution in [2.24, 2.45) is 0 Å². The van der Waals surface area contributed by atoms with Crippen LogP contribution in [0.1, 0.15) is 0 Å². The van der Waals surface area contributed by atoms with E-state index in [4.69, 9.17) is 0 Å². The lowest BCUT2D eigenvalue weighted by atomic mass is 10.4.